The molecule has 32 heavy (non-hydrogen) atoms. The van der Waals surface area contributed by atoms with Crippen molar-refractivity contribution in [3.05, 3.63) is 48.0 Å². The Morgan fingerprint density at radius 3 is 2.44 bits per heavy atom. The minimum Gasteiger partial charge on any atom is -0.488 e. The molecule has 0 saturated carbocycles. The second-order valence-electron chi connectivity index (χ2n) is 7.62. The largest absolute Gasteiger partial charge is 0.488 e. The van der Waals surface area contributed by atoms with Gasteiger partial charge < -0.3 is 19.4 Å². The van der Waals surface area contributed by atoms with Crippen molar-refractivity contribution >= 4 is 39.3 Å². The summed E-state index contributed by atoms with van der Waals surface area (Å²) >= 11 is 0. The van der Waals surface area contributed by atoms with Crippen molar-refractivity contribution in [2.75, 3.05) is 11.1 Å². The molecule has 0 atom stereocenters. The minimum absolute atomic E-state index is 0.0425. The van der Waals surface area contributed by atoms with Crippen molar-refractivity contribution < 1.29 is 30.8 Å². The van der Waals surface area contributed by atoms with E-state index in [1.165, 1.54) is 24.3 Å². The fourth-order valence-electron chi connectivity index (χ4n) is 2.70. The smallest absolute Gasteiger partial charge is 0.488 e. The van der Waals surface area contributed by atoms with Gasteiger partial charge in [0.15, 0.2) is 5.82 Å². The molecule has 10 nitrogen and oxygen atoms in total. The van der Waals surface area contributed by atoms with E-state index in [9.17, 15) is 17.1 Å². The average Bonchev–Trinajstić information content (AvgIpc) is 2.64. The molecule has 170 valence electrons. The number of carbonyl (C=O) groups is 1. The Balaban J connectivity index is 1.84. The van der Waals surface area contributed by atoms with Gasteiger partial charge in [0, 0.05) is 0 Å². The third-order valence-corrected chi connectivity index (χ3v) is 4.23. The number of anilines is 2. The SMILES string of the molecule is CC(C)(C)OC(=O)Nc1nc(N)nc2cccc(OCc3ccc(OS(=O)(=O)F)cc3)c12. The average molecular weight is 464 g/mol. The van der Waals surface area contributed by atoms with E-state index in [0.717, 1.165) is 0 Å². The van der Waals surface area contributed by atoms with Crippen LogP contribution < -0.4 is 20.0 Å². The van der Waals surface area contributed by atoms with Crippen molar-refractivity contribution in [3.63, 3.8) is 0 Å². The fraction of sp³-hybridized carbons (Fsp3) is 0.250. The maximum absolute atomic E-state index is 12.6. The number of amides is 1. The van der Waals surface area contributed by atoms with Gasteiger partial charge in [-0.15, -0.1) is 0 Å². The minimum atomic E-state index is -5.10. The van der Waals surface area contributed by atoms with E-state index >= 15 is 0 Å². The van der Waals surface area contributed by atoms with Crippen LogP contribution in [0.1, 0.15) is 26.3 Å². The van der Waals surface area contributed by atoms with E-state index in [1.807, 2.05) is 0 Å². The standard InChI is InChI=1S/C20H21FN4O6S/c1-20(2,3)30-19(26)25-17-16-14(23-18(22)24-17)5-4-6-15(16)29-11-12-7-9-13(10-8-12)31-32(21,27)28/h4-10H,11H2,1-3H3,(H3,22,23,24,25,26). The molecule has 0 bridgehead atoms. The van der Waals surface area contributed by atoms with Gasteiger partial charge in [0.25, 0.3) is 0 Å². The lowest BCUT2D eigenvalue weighted by atomic mass is 10.2. The van der Waals surface area contributed by atoms with E-state index in [4.69, 9.17) is 15.2 Å². The number of benzene rings is 2. The van der Waals surface area contributed by atoms with Crippen molar-refractivity contribution in [1.82, 2.24) is 9.97 Å². The van der Waals surface area contributed by atoms with Gasteiger partial charge in [0.05, 0.1) is 10.9 Å². The number of carbonyl (C=O) groups excluding carboxylic acids is 1. The first-order valence-corrected chi connectivity index (χ1v) is 10.6. The summed E-state index contributed by atoms with van der Waals surface area (Å²) in [7, 11) is -5.10. The monoisotopic (exact) mass is 464 g/mol. The molecule has 2 aromatic carbocycles. The first-order chi connectivity index (χ1) is 14.9. The van der Waals surface area contributed by atoms with E-state index in [2.05, 4.69) is 19.5 Å². The van der Waals surface area contributed by atoms with Gasteiger partial charge >= 0.3 is 16.6 Å². The summed E-state index contributed by atoms with van der Waals surface area (Å²) in [4.78, 5) is 20.5. The molecule has 0 radical (unpaired) electrons. The summed E-state index contributed by atoms with van der Waals surface area (Å²) in [5.74, 6) is 0.266. The number of ether oxygens (including phenoxy) is 2. The molecule has 1 heterocycles. The molecule has 0 saturated heterocycles. The lowest BCUT2D eigenvalue weighted by Gasteiger charge is -2.20. The Hall–Kier alpha value is -3.67. The number of nitrogens with one attached hydrogen (secondary N) is 1. The summed E-state index contributed by atoms with van der Waals surface area (Å²) in [5, 5.41) is 2.98. The number of rotatable bonds is 6. The van der Waals surface area contributed by atoms with Gasteiger partial charge in [0.1, 0.15) is 23.7 Å². The molecular formula is C20H21FN4O6S. The Kier molecular flexibility index (Phi) is 6.35. The van der Waals surface area contributed by atoms with Crippen LogP contribution in [-0.2, 0) is 21.8 Å². The van der Waals surface area contributed by atoms with Crippen LogP contribution in [0.5, 0.6) is 11.5 Å². The summed E-state index contributed by atoms with van der Waals surface area (Å²) < 4.78 is 49.0. The zero-order valence-electron chi connectivity index (χ0n) is 17.5. The van der Waals surface area contributed by atoms with Crippen molar-refractivity contribution in [1.29, 1.82) is 0 Å². The second kappa shape index (κ2) is 8.83. The van der Waals surface area contributed by atoms with Crippen molar-refractivity contribution in [2.24, 2.45) is 0 Å². The van der Waals surface area contributed by atoms with Crippen LogP contribution in [0.3, 0.4) is 0 Å². The molecule has 1 aromatic heterocycles. The molecule has 0 aliphatic rings. The van der Waals surface area contributed by atoms with Crippen LogP contribution in [0.25, 0.3) is 10.9 Å². The number of nitrogen functional groups attached to an aromatic ring is 1. The summed E-state index contributed by atoms with van der Waals surface area (Å²) in [6.07, 6.45) is -0.717. The number of nitrogens with two attached hydrogens (primary N) is 1. The predicted molar refractivity (Wildman–Crippen MR) is 115 cm³/mol. The topological polar surface area (TPSA) is 143 Å². The molecule has 0 spiro atoms. The number of hydrogen-bond acceptors (Lipinski definition) is 9. The highest BCUT2D eigenvalue weighted by Crippen LogP contribution is 2.32. The molecule has 0 aliphatic carbocycles. The van der Waals surface area contributed by atoms with Crippen molar-refractivity contribution in [3.8, 4) is 11.5 Å². The number of nitrogens with zero attached hydrogens (tertiary/aromatic N) is 2. The first-order valence-electron chi connectivity index (χ1n) is 9.32. The number of aromatic nitrogens is 2. The quantitative estimate of drug-likeness (QED) is 0.522. The third kappa shape index (κ3) is 6.41. The summed E-state index contributed by atoms with van der Waals surface area (Å²) in [6.45, 7) is 5.25. The van der Waals surface area contributed by atoms with E-state index in [0.29, 0.717) is 22.2 Å². The number of hydrogen-bond donors (Lipinski definition) is 2. The van der Waals surface area contributed by atoms with Gasteiger partial charge in [-0.1, -0.05) is 22.1 Å². The zero-order chi connectivity index (χ0) is 23.5. The van der Waals surface area contributed by atoms with Gasteiger partial charge in [-0.2, -0.15) is 13.4 Å². The Bertz CT molecular complexity index is 1240. The van der Waals surface area contributed by atoms with Crippen LogP contribution in [-0.4, -0.2) is 30.1 Å². The Labute approximate surface area is 183 Å². The highest BCUT2D eigenvalue weighted by atomic mass is 32.3. The molecule has 3 rings (SSSR count). The molecule has 0 aliphatic heterocycles. The van der Waals surface area contributed by atoms with Crippen LogP contribution >= 0.6 is 0 Å². The van der Waals surface area contributed by atoms with E-state index in [1.54, 1.807) is 39.0 Å². The van der Waals surface area contributed by atoms with E-state index in [-0.39, 0.29) is 24.1 Å². The van der Waals surface area contributed by atoms with Gasteiger partial charge in [-0.05, 0) is 50.6 Å². The Morgan fingerprint density at radius 2 is 1.81 bits per heavy atom. The van der Waals surface area contributed by atoms with Crippen LogP contribution in [0.4, 0.5) is 20.4 Å². The fourth-order valence-corrected chi connectivity index (χ4v) is 3.04. The molecule has 1 amide bonds. The number of fused-ring (bicyclic) bond motifs is 1. The molecule has 3 N–H and O–H groups in total. The molecule has 12 heteroatoms. The normalized spacial score (nSPS) is 11.8. The zero-order valence-corrected chi connectivity index (χ0v) is 18.3. The third-order valence-electron chi connectivity index (χ3n) is 3.84. The molecule has 0 fully saturated rings. The van der Waals surface area contributed by atoms with Gasteiger partial charge in [-0.3, -0.25) is 5.32 Å². The van der Waals surface area contributed by atoms with E-state index < -0.39 is 22.2 Å². The second-order valence-corrected chi connectivity index (χ2v) is 8.57. The molecule has 0 unspecified atom stereocenters. The van der Waals surface area contributed by atoms with Crippen LogP contribution in [0.15, 0.2) is 42.5 Å². The lowest BCUT2D eigenvalue weighted by Crippen LogP contribution is -2.27. The maximum Gasteiger partial charge on any atom is 0.488 e. The van der Waals surface area contributed by atoms with Crippen LogP contribution in [0, 0.1) is 0 Å². The molecular weight excluding hydrogens is 443 g/mol. The van der Waals surface area contributed by atoms with Gasteiger partial charge in [-0.25, -0.2) is 9.78 Å². The highest BCUT2D eigenvalue weighted by Gasteiger charge is 2.20. The van der Waals surface area contributed by atoms with Crippen molar-refractivity contribution in [2.45, 2.75) is 33.0 Å². The van der Waals surface area contributed by atoms with Crippen LogP contribution in [0.2, 0.25) is 0 Å². The maximum atomic E-state index is 12.6. The van der Waals surface area contributed by atoms with Gasteiger partial charge in [0.2, 0.25) is 5.95 Å². The summed E-state index contributed by atoms with van der Waals surface area (Å²) in [6, 6.07) is 10.7. The summed E-state index contributed by atoms with van der Waals surface area (Å²) in [5.41, 5.74) is 6.14. The predicted octanol–water partition coefficient (Wildman–Crippen LogP) is 3.73. The highest BCUT2D eigenvalue weighted by molar-refractivity contribution is 7.81. The number of halogens is 1. The Morgan fingerprint density at radius 1 is 1.12 bits per heavy atom. The lowest BCUT2D eigenvalue weighted by molar-refractivity contribution is 0.0635. The molecule has 3 aromatic rings. The first kappa shape index (κ1) is 23.0.